The summed E-state index contributed by atoms with van der Waals surface area (Å²) >= 11 is 0. The zero-order valence-corrected chi connectivity index (χ0v) is 11.5. The summed E-state index contributed by atoms with van der Waals surface area (Å²) in [6.07, 6.45) is 0. The number of aromatic nitrogens is 2. The topological polar surface area (TPSA) is 89.4 Å². The van der Waals surface area contributed by atoms with Crippen molar-refractivity contribution in [1.29, 1.82) is 0 Å². The molecule has 7 heteroatoms. The van der Waals surface area contributed by atoms with Crippen molar-refractivity contribution in [3.05, 3.63) is 34.8 Å². The van der Waals surface area contributed by atoms with E-state index in [0.29, 0.717) is 25.0 Å². The van der Waals surface area contributed by atoms with Crippen LogP contribution in [0.2, 0.25) is 0 Å². The fourth-order valence-corrected chi connectivity index (χ4v) is 2.17. The zero-order chi connectivity index (χ0) is 14.5. The highest BCUT2D eigenvalue weighted by atomic mass is 16.5. The van der Waals surface area contributed by atoms with E-state index in [0.717, 1.165) is 31.0 Å². The molecule has 0 spiro atoms. The summed E-state index contributed by atoms with van der Waals surface area (Å²) in [4.78, 5) is 13.5. The van der Waals surface area contributed by atoms with Gasteiger partial charge >= 0.3 is 5.76 Å². The molecule has 2 heterocycles. The van der Waals surface area contributed by atoms with Crippen LogP contribution in [0.3, 0.4) is 0 Å². The summed E-state index contributed by atoms with van der Waals surface area (Å²) in [5, 5.41) is 6.97. The Kier molecular flexibility index (Phi) is 4.32. The van der Waals surface area contributed by atoms with E-state index >= 15 is 0 Å². The molecule has 1 atom stereocenters. The zero-order valence-electron chi connectivity index (χ0n) is 11.5. The second-order valence-corrected chi connectivity index (χ2v) is 4.93. The highest BCUT2D eigenvalue weighted by Crippen LogP contribution is 2.20. The van der Waals surface area contributed by atoms with E-state index < -0.39 is 5.76 Å². The molecule has 3 rings (SSSR count). The second-order valence-electron chi connectivity index (χ2n) is 4.93. The molecule has 0 amide bonds. The number of hydrogen-bond donors (Lipinski definition) is 2. The van der Waals surface area contributed by atoms with Gasteiger partial charge in [-0.25, -0.2) is 4.79 Å². The highest BCUT2D eigenvalue weighted by Gasteiger charge is 2.13. The lowest BCUT2D eigenvalue weighted by Gasteiger charge is -2.15. The fraction of sp³-hybridized carbons (Fsp3) is 0.429. The first kappa shape index (κ1) is 13.8. The molecule has 112 valence electrons. The molecule has 21 heavy (non-hydrogen) atoms. The van der Waals surface area contributed by atoms with Crippen LogP contribution in [0.5, 0.6) is 5.75 Å². The SMILES string of the molecule is O=c1[nH]c(-c2cccc(OCC3CNCCOC3)c2)no1. The van der Waals surface area contributed by atoms with Gasteiger partial charge in [-0.15, -0.1) is 0 Å². The number of ether oxygens (including phenoxy) is 2. The third kappa shape index (κ3) is 3.71. The summed E-state index contributed by atoms with van der Waals surface area (Å²) in [5.41, 5.74) is 0.744. The standard InChI is InChI=1S/C14H17N3O4/c18-14-16-13(17-21-14)11-2-1-3-12(6-11)20-9-10-7-15-4-5-19-8-10/h1-3,6,10,15H,4-5,7-9H2,(H,16,17,18). The fourth-order valence-electron chi connectivity index (χ4n) is 2.17. The normalized spacial score (nSPS) is 19.1. The molecule has 1 aliphatic rings. The number of nitrogens with one attached hydrogen (secondary N) is 2. The lowest BCUT2D eigenvalue weighted by molar-refractivity contribution is 0.102. The summed E-state index contributed by atoms with van der Waals surface area (Å²) in [6, 6.07) is 7.36. The Morgan fingerprint density at radius 2 is 2.38 bits per heavy atom. The first-order chi connectivity index (χ1) is 10.3. The summed E-state index contributed by atoms with van der Waals surface area (Å²) < 4.78 is 15.8. The molecule has 0 saturated carbocycles. The molecule has 1 saturated heterocycles. The Hall–Kier alpha value is -2.12. The van der Waals surface area contributed by atoms with Crippen molar-refractivity contribution < 1.29 is 14.0 Å². The molecule has 0 aliphatic carbocycles. The van der Waals surface area contributed by atoms with Gasteiger partial charge in [0, 0.05) is 24.6 Å². The van der Waals surface area contributed by atoms with Crippen LogP contribution in [-0.4, -0.2) is 43.1 Å². The van der Waals surface area contributed by atoms with Crippen molar-refractivity contribution in [1.82, 2.24) is 15.5 Å². The lowest BCUT2D eigenvalue weighted by atomic mass is 10.1. The van der Waals surface area contributed by atoms with Crippen molar-refractivity contribution >= 4 is 0 Å². The smallest absolute Gasteiger partial charge is 0.439 e. The van der Waals surface area contributed by atoms with Gasteiger partial charge in [-0.2, -0.15) is 0 Å². The molecule has 1 unspecified atom stereocenters. The summed E-state index contributed by atoms with van der Waals surface area (Å²) in [5.74, 6) is 0.867. The maximum absolute atomic E-state index is 11.0. The summed E-state index contributed by atoms with van der Waals surface area (Å²) in [6.45, 7) is 3.78. The molecule has 2 aromatic rings. The molecule has 2 N–H and O–H groups in total. The molecule has 7 nitrogen and oxygen atoms in total. The van der Waals surface area contributed by atoms with Gasteiger partial charge in [0.15, 0.2) is 5.82 Å². The number of hydrogen-bond acceptors (Lipinski definition) is 6. The van der Waals surface area contributed by atoms with Crippen LogP contribution in [0.1, 0.15) is 0 Å². The van der Waals surface area contributed by atoms with Crippen LogP contribution in [0.4, 0.5) is 0 Å². The maximum atomic E-state index is 11.0. The van der Waals surface area contributed by atoms with Crippen molar-refractivity contribution in [3.8, 4) is 17.1 Å². The van der Waals surface area contributed by atoms with Crippen LogP contribution in [0.25, 0.3) is 11.4 Å². The number of H-pyrrole nitrogens is 1. The second kappa shape index (κ2) is 6.55. The minimum absolute atomic E-state index is 0.322. The average Bonchev–Trinajstić information content (AvgIpc) is 2.78. The average molecular weight is 291 g/mol. The minimum atomic E-state index is -0.571. The molecule has 0 radical (unpaired) electrons. The Labute approximate surface area is 121 Å². The van der Waals surface area contributed by atoms with Gasteiger partial charge in [0.25, 0.3) is 0 Å². The quantitative estimate of drug-likeness (QED) is 0.859. The Bertz CT molecular complexity index is 629. The van der Waals surface area contributed by atoms with E-state index in [9.17, 15) is 4.79 Å². The minimum Gasteiger partial charge on any atom is -0.493 e. The molecular formula is C14H17N3O4. The third-order valence-corrected chi connectivity index (χ3v) is 3.24. The Morgan fingerprint density at radius 3 is 3.24 bits per heavy atom. The van der Waals surface area contributed by atoms with E-state index in [1.54, 1.807) is 0 Å². The van der Waals surface area contributed by atoms with Crippen molar-refractivity contribution in [2.45, 2.75) is 0 Å². The number of benzene rings is 1. The molecule has 1 aliphatic heterocycles. The molecular weight excluding hydrogens is 274 g/mol. The van der Waals surface area contributed by atoms with Gasteiger partial charge in [-0.05, 0) is 12.1 Å². The van der Waals surface area contributed by atoms with Crippen molar-refractivity contribution in [3.63, 3.8) is 0 Å². The maximum Gasteiger partial charge on any atom is 0.439 e. The monoisotopic (exact) mass is 291 g/mol. The summed E-state index contributed by atoms with van der Waals surface area (Å²) in [7, 11) is 0. The number of rotatable bonds is 4. The lowest BCUT2D eigenvalue weighted by Crippen LogP contribution is -2.27. The van der Waals surface area contributed by atoms with Gasteiger partial charge < -0.3 is 14.8 Å². The predicted octanol–water partition coefficient (Wildman–Crippen LogP) is 0.645. The Morgan fingerprint density at radius 1 is 1.43 bits per heavy atom. The van der Waals surface area contributed by atoms with Gasteiger partial charge in [0.2, 0.25) is 0 Å². The van der Waals surface area contributed by atoms with Gasteiger partial charge in [-0.1, -0.05) is 17.3 Å². The van der Waals surface area contributed by atoms with Crippen LogP contribution in [0, 0.1) is 5.92 Å². The first-order valence-electron chi connectivity index (χ1n) is 6.89. The Balaban J connectivity index is 1.64. The first-order valence-corrected chi connectivity index (χ1v) is 6.89. The molecule has 0 bridgehead atoms. The largest absolute Gasteiger partial charge is 0.493 e. The van der Waals surface area contributed by atoms with Gasteiger partial charge in [-0.3, -0.25) is 9.51 Å². The molecule has 1 aromatic carbocycles. The van der Waals surface area contributed by atoms with Crippen molar-refractivity contribution in [2.24, 2.45) is 5.92 Å². The van der Waals surface area contributed by atoms with Crippen LogP contribution in [-0.2, 0) is 4.74 Å². The number of nitrogens with zero attached hydrogens (tertiary/aromatic N) is 1. The van der Waals surface area contributed by atoms with E-state index in [1.165, 1.54) is 0 Å². The molecule has 1 aromatic heterocycles. The van der Waals surface area contributed by atoms with Crippen molar-refractivity contribution in [2.75, 3.05) is 32.9 Å². The van der Waals surface area contributed by atoms with Gasteiger partial charge in [0.05, 0.1) is 19.8 Å². The van der Waals surface area contributed by atoms with E-state index in [4.69, 9.17) is 9.47 Å². The molecule has 1 fully saturated rings. The van der Waals surface area contributed by atoms with E-state index in [1.807, 2.05) is 24.3 Å². The van der Waals surface area contributed by atoms with Crippen LogP contribution < -0.4 is 15.8 Å². The van der Waals surface area contributed by atoms with Crippen LogP contribution in [0.15, 0.2) is 33.6 Å². The van der Waals surface area contributed by atoms with Gasteiger partial charge in [0.1, 0.15) is 5.75 Å². The number of aromatic amines is 1. The van der Waals surface area contributed by atoms with E-state index in [-0.39, 0.29) is 0 Å². The highest BCUT2D eigenvalue weighted by molar-refractivity contribution is 5.56. The predicted molar refractivity (Wildman–Crippen MR) is 75.2 cm³/mol. The van der Waals surface area contributed by atoms with Crippen LogP contribution >= 0.6 is 0 Å². The third-order valence-electron chi connectivity index (χ3n) is 3.24. The van der Waals surface area contributed by atoms with E-state index in [2.05, 4.69) is 20.0 Å².